The first kappa shape index (κ1) is 27.1. The zero-order valence-corrected chi connectivity index (χ0v) is 16.7. The predicted octanol–water partition coefficient (Wildman–Crippen LogP) is 4.67. The molecule has 0 saturated carbocycles. The van der Waals surface area contributed by atoms with Crippen molar-refractivity contribution in [3.8, 4) is 0 Å². The molecule has 0 N–H and O–H groups in total. The Balaban J connectivity index is -0.000000338. The third-order valence-corrected chi connectivity index (χ3v) is 2.91. The normalized spacial score (nSPS) is 14.2. The molecule has 23 heavy (non-hydrogen) atoms. The molecule has 0 aliphatic rings. The summed E-state index contributed by atoms with van der Waals surface area (Å²) in [4.78, 5) is 16.7. The van der Waals surface area contributed by atoms with Crippen LogP contribution in [0.1, 0.15) is 67.2 Å². The topological polar surface area (TPSA) is 49.4 Å². The molecule has 0 aliphatic heterocycles. The molecule has 0 aromatic rings. The number of hydrogen-bond donors (Lipinski definition) is 0. The smallest absolute Gasteiger partial charge is 0.0469 e. The average molecular weight is 372 g/mol. The molecule has 0 rings (SSSR count). The van der Waals surface area contributed by atoms with Gasteiger partial charge in [0.15, 0.2) is 0 Å². The van der Waals surface area contributed by atoms with Crippen molar-refractivity contribution >= 4 is 24.9 Å². The van der Waals surface area contributed by atoms with Crippen molar-refractivity contribution in [2.45, 2.75) is 79.3 Å². The average Bonchev–Trinajstić information content (AvgIpc) is 2.55. The molecule has 0 aromatic heterocycles. The molecule has 0 bridgehead atoms. The quantitative estimate of drug-likeness (QED) is 0.395. The Kier molecular flexibility index (Phi) is 27.6. The maximum atomic E-state index is 4.27. The Hall–Kier alpha value is -0.801. The van der Waals surface area contributed by atoms with Gasteiger partial charge in [-0.15, -0.1) is 0 Å². The van der Waals surface area contributed by atoms with E-state index in [-0.39, 0.29) is 17.1 Å². The third-order valence-electron chi connectivity index (χ3n) is 2.91. The summed E-state index contributed by atoms with van der Waals surface area (Å²) < 4.78 is 0. The predicted molar refractivity (Wildman–Crippen MR) is 104 cm³/mol. The van der Waals surface area contributed by atoms with Crippen LogP contribution in [-0.4, -0.2) is 50.0 Å². The maximum Gasteiger partial charge on any atom is 0.0469 e. The van der Waals surface area contributed by atoms with Crippen LogP contribution in [0.25, 0.3) is 0 Å². The van der Waals surface area contributed by atoms with E-state index in [0.29, 0.717) is 12.1 Å². The van der Waals surface area contributed by atoms with Crippen LogP contribution in [0.3, 0.4) is 0 Å². The van der Waals surface area contributed by atoms with Gasteiger partial charge in [-0.2, -0.15) is 0 Å². The zero-order valence-electron chi connectivity index (χ0n) is 15.8. The Morgan fingerprint density at radius 3 is 1.26 bits per heavy atom. The van der Waals surface area contributed by atoms with Gasteiger partial charge in [-0.3, -0.25) is 20.0 Å². The standard InChI is InChI=1S/C10H20N2.C8H16N2.Cu/c1-5-9(3)11-7-8-12-10(4)6-2;1-3-5-9-7-8-10-6-4-2;/h7-10H,5-6H2,1-4H3;7-8H,3-6H2,1-2H3;. The van der Waals surface area contributed by atoms with Gasteiger partial charge in [0.1, 0.15) is 0 Å². The Morgan fingerprint density at radius 1 is 0.652 bits per heavy atom. The van der Waals surface area contributed by atoms with Crippen molar-refractivity contribution in [3.63, 3.8) is 0 Å². The SMILES string of the molecule is CCC(C)N=CC=NC(C)CC.CCCN=CC=NCCC.[Cu]. The Labute approximate surface area is 154 Å². The molecule has 0 spiro atoms. The fourth-order valence-electron chi connectivity index (χ4n) is 1.08. The Morgan fingerprint density at radius 2 is 1.00 bits per heavy atom. The summed E-state index contributed by atoms with van der Waals surface area (Å²) in [7, 11) is 0. The second-order valence-electron chi connectivity index (χ2n) is 5.22. The summed E-state index contributed by atoms with van der Waals surface area (Å²) in [6.07, 6.45) is 11.6. The van der Waals surface area contributed by atoms with Crippen molar-refractivity contribution in [2.75, 3.05) is 13.1 Å². The molecular weight excluding hydrogens is 336 g/mol. The summed E-state index contributed by atoms with van der Waals surface area (Å²) >= 11 is 0. The first-order valence-electron chi connectivity index (χ1n) is 8.65. The monoisotopic (exact) mass is 371 g/mol. The number of hydrogen-bond acceptors (Lipinski definition) is 4. The van der Waals surface area contributed by atoms with E-state index in [4.69, 9.17) is 0 Å². The van der Waals surface area contributed by atoms with E-state index in [1.54, 1.807) is 24.9 Å². The van der Waals surface area contributed by atoms with E-state index in [2.05, 4.69) is 61.5 Å². The van der Waals surface area contributed by atoms with Crippen LogP contribution in [0.2, 0.25) is 0 Å². The second-order valence-corrected chi connectivity index (χ2v) is 5.22. The first-order valence-corrected chi connectivity index (χ1v) is 8.65. The van der Waals surface area contributed by atoms with E-state index < -0.39 is 0 Å². The van der Waals surface area contributed by atoms with E-state index in [1.165, 1.54) is 0 Å². The summed E-state index contributed by atoms with van der Waals surface area (Å²) in [5.41, 5.74) is 0. The number of rotatable bonds is 10. The van der Waals surface area contributed by atoms with Crippen LogP contribution >= 0.6 is 0 Å². The Bertz CT molecular complexity index is 293. The van der Waals surface area contributed by atoms with Crippen molar-refractivity contribution < 1.29 is 17.1 Å². The van der Waals surface area contributed by atoms with Gasteiger partial charge in [0, 0.05) is 67.1 Å². The van der Waals surface area contributed by atoms with E-state index in [9.17, 15) is 0 Å². The number of nitrogens with zero attached hydrogens (tertiary/aromatic N) is 4. The maximum absolute atomic E-state index is 4.27. The van der Waals surface area contributed by atoms with Crippen molar-refractivity contribution in [2.24, 2.45) is 20.0 Å². The molecule has 0 saturated heterocycles. The summed E-state index contributed by atoms with van der Waals surface area (Å²) in [5.74, 6) is 0. The van der Waals surface area contributed by atoms with Crippen molar-refractivity contribution in [1.29, 1.82) is 0 Å². The van der Waals surface area contributed by atoms with Gasteiger partial charge >= 0.3 is 0 Å². The van der Waals surface area contributed by atoms with E-state index in [1.807, 2.05) is 0 Å². The van der Waals surface area contributed by atoms with Crippen LogP contribution in [0, 0.1) is 0 Å². The molecule has 4 nitrogen and oxygen atoms in total. The minimum Gasteiger partial charge on any atom is -0.292 e. The third kappa shape index (κ3) is 26.4. The van der Waals surface area contributed by atoms with Gasteiger partial charge in [0.2, 0.25) is 0 Å². The molecule has 5 heteroatoms. The summed E-state index contributed by atoms with van der Waals surface area (Å²) in [6.45, 7) is 14.5. The van der Waals surface area contributed by atoms with Gasteiger partial charge in [0.05, 0.1) is 0 Å². The molecule has 0 heterocycles. The second kappa shape index (κ2) is 23.5. The van der Waals surface area contributed by atoms with E-state index in [0.717, 1.165) is 38.8 Å². The molecule has 0 amide bonds. The minimum atomic E-state index is 0. The molecule has 139 valence electrons. The fourth-order valence-corrected chi connectivity index (χ4v) is 1.08. The fraction of sp³-hybridized carbons (Fsp3) is 0.778. The molecule has 2 unspecified atom stereocenters. The molecule has 1 radical (unpaired) electrons. The van der Waals surface area contributed by atoms with Gasteiger partial charge < -0.3 is 0 Å². The van der Waals surface area contributed by atoms with E-state index >= 15 is 0 Å². The summed E-state index contributed by atoms with van der Waals surface area (Å²) in [5, 5.41) is 0. The molecule has 0 aliphatic carbocycles. The van der Waals surface area contributed by atoms with Gasteiger partial charge in [-0.05, 0) is 39.5 Å². The first-order chi connectivity index (χ1) is 10.6. The molecule has 0 fully saturated rings. The van der Waals surface area contributed by atoms with Crippen LogP contribution < -0.4 is 0 Å². The molecule has 0 aromatic carbocycles. The van der Waals surface area contributed by atoms with Crippen LogP contribution in [-0.2, 0) is 17.1 Å². The zero-order chi connectivity index (χ0) is 17.1. The largest absolute Gasteiger partial charge is 0.292 e. The van der Waals surface area contributed by atoms with Crippen LogP contribution in [0.15, 0.2) is 20.0 Å². The van der Waals surface area contributed by atoms with Gasteiger partial charge in [-0.1, -0.05) is 27.7 Å². The molecular formula is C18H36CuN4. The van der Waals surface area contributed by atoms with Crippen molar-refractivity contribution in [3.05, 3.63) is 0 Å². The summed E-state index contributed by atoms with van der Waals surface area (Å²) in [6, 6.07) is 0.849. The minimum absolute atomic E-state index is 0. The van der Waals surface area contributed by atoms with Crippen LogP contribution in [0.4, 0.5) is 0 Å². The van der Waals surface area contributed by atoms with Crippen molar-refractivity contribution in [1.82, 2.24) is 0 Å². The van der Waals surface area contributed by atoms with Gasteiger partial charge in [-0.25, -0.2) is 0 Å². The van der Waals surface area contributed by atoms with Gasteiger partial charge in [0.25, 0.3) is 0 Å². The molecule has 2 atom stereocenters. The number of aliphatic imine (C=N–C) groups is 4. The van der Waals surface area contributed by atoms with Crippen LogP contribution in [0.5, 0.6) is 0 Å².